The van der Waals surface area contributed by atoms with Gasteiger partial charge in [0.2, 0.25) is 0 Å². The lowest BCUT2D eigenvalue weighted by molar-refractivity contribution is -0.253. The Labute approximate surface area is 188 Å². The van der Waals surface area contributed by atoms with Crippen LogP contribution in [0.4, 0.5) is 11.4 Å². The van der Waals surface area contributed by atoms with Crippen LogP contribution in [0.2, 0.25) is 0 Å². The molecule has 0 saturated carbocycles. The van der Waals surface area contributed by atoms with Crippen LogP contribution in [0.3, 0.4) is 0 Å². The second-order valence-corrected chi connectivity index (χ2v) is 7.67. The van der Waals surface area contributed by atoms with Crippen LogP contribution in [0.25, 0.3) is 6.08 Å². The maximum atomic E-state index is 13.1. The number of ether oxygens (including phenoxy) is 1. The summed E-state index contributed by atoms with van der Waals surface area (Å²) in [5, 5.41) is 14.5. The van der Waals surface area contributed by atoms with Gasteiger partial charge >= 0.3 is 0 Å². The summed E-state index contributed by atoms with van der Waals surface area (Å²) < 4.78 is 5.86. The lowest BCUT2D eigenvalue weighted by atomic mass is 10.1. The number of fused-ring (bicyclic) bond motifs is 2. The Morgan fingerprint density at radius 1 is 1.12 bits per heavy atom. The first kappa shape index (κ1) is 20.7. The Morgan fingerprint density at radius 2 is 1.88 bits per heavy atom. The number of para-hydroxylation sites is 2. The summed E-state index contributed by atoms with van der Waals surface area (Å²) in [6.45, 7) is 1.77. The molecule has 9 heteroatoms. The topological polar surface area (TPSA) is 107 Å². The van der Waals surface area contributed by atoms with Crippen molar-refractivity contribution in [3.8, 4) is 5.75 Å². The predicted octanol–water partition coefficient (Wildman–Crippen LogP) is 2.02. The number of hydrogen-bond acceptors (Lipinski definition) is 7. The number of amides is 1. The van der Waals surface area contributed by atoms with Crippen molar-refractivity contribution >= 4 is 23.4 Å². The van der Waals surface area contributed by atoms with E-state index in [0.717, 1.165) is 17.0 Å². The lowest BCUT2D eigenvalue weighted by Crippen LogP contribution is -2.38. The Balaban J connectivity index is 1.50. The smallest absolute Gasteiger partial charge is 0.282 e. The van der Waals surface area contributed by atoms with E-state index in [1.807, 2.05) is 36.2 Å². The van der Waals surface area contributed by atoms with Crippen molar-refractivity contribution in [2.75, 3.05) is 17.0 Å². The summed E-state index contributed by atoms with van der Waals surface area (Å²) in [7, 11) is 1.88. The molecule has 0 radical (unpaired) electrons. The number of carbonyl (C=O) groups is 1. The van der Waals surface area contributed by atoms with Crippen LogP contribution in [-0.2, 0) is 11.5 Å². The predicted molar refractivity (Wildman–Crippen MR) is 121 cm³/mol. The third-order valence-corrected chi connectivity index (χ3v) is 5.68. The molecule has 0 atom stereocenters. The largest absolute Gasteiger partial charge is 0.439 e. The molecule has 0 aliphatic carbocycles. The number of H-pyrrole nitrogens is 1. The molecule has 2 aliphatic heterocycles. The fourth-order valence-corrected chi connectivity index (χ4v) is 3.91. The van der Waals surface area contributed by atoms with Crippen LogP contribution in [0, 0.1) is 6.92 Å². The first-order valence-electron chi connectivity index (χ1n) is 10.2. The summed E-state index contributed by atoms with van der Waals surface area (Å²) in [6.07, 6.45) is 3.35. The summed E-state index contributed by atoms with van der Waals surface area (Å²) in [4.78, 5) is 34.6. The number of carbonyl (C=O) groups excluding carboxylic acids is 1. The molecule has 166 valence electrons. The van der Waals surface area contributed by atoms with Crippen molar-refractivity contribution in [3.63, 3.8) is 0 Å². The average Bonchev–Trinajstić information content (AvgIpc) is 3.31. The van der Waals surface area contributed by atoms with E-state index < -0.39 is 0 Å². The van der Waals surface area contributed by atoms with Crippen molar-refractivity contribution in [1.82, 2.24) is 4.98 Å². The maximum absolute atomic E-state index is 13.1. The number of rotatable bonds is 4. The number of allylic oxidation sites excluding steroid dienone is 1. The molecule has 0 unspecified atom stereocenters. The fourth-order valence-electron chi connectivity index (χ4n) is 3.91. The number of nitrogens with zero attached hydrogens (tertiary/aromatic N) is 3. The molecule has 3 heterocycles. The molecule has 33 heavy (non-hydrogen) atoms. The Bertz CT molecular complexity index is 1470. The van der Waals surface area contributed by atoms with Gasteiger partial charge in [-0.3, -0.25) is 14.8 Å². The molecule has 2 aromatic carbocycles. The van der Waals surface area contributed by atoms with E-state index in [1.54, 1.807) is 43.3 Å². The molecule has 2 N–H and O–H groups in total. The number of pyridine rings is 1. The summed E-state index contributed by atoms with van der Waals surface area (Å²) in [5.74, 6) is 0.967. The molecule has 5 rings (SSSR count). The third kappa shape index (κ3) is 3.49. The Hall–Kier alpha value is -4.21. The molecule has 0 bridgehead atoms. The van der Waals surface area contributed by atoms with Gasteiger partial charge < -0.3 is 14.6 Å². The molecule has 0 fully saturated rings. The highest BCUT2D eigenvalue weighted by molar-refractivity contribution is 6.07. The number of anilines is 2. The van der Waals surface area contributed by atoms with E-state index >= 15 is 0 Å². The average molecular weight is 444 g/mol. The van der Waals surface area contributed by atoms with Gasteiger partial charge in [-0.15, -0.1) is 5.10 Å². The van der Waals surface area contributed by atoms with Crippen molar-refractivity contribution in [2.45, 2.75) is 13.5 Å². The summed E-state index contributed by atoms with van der Waals surface area (Å²) in [5.41, 5.74) is 2.94. The van der Waals surface area contributed by atoms with Crippen LogP contribution >= 0.6 is 0 Å². The molecule has 9 nitrogen and oxygen atoms in total. The fraction of sp³-hybridized carbons (Fsp3) is 0.125. The summed E-state index contributed by atoms with van der Waals surface area (Å²) >= 11 is 0. The maximum Gasteiger partial charge on any atom is 0.282 e. The van der Waals surface area contributed by atoms with E-state index in [0.29, 0.717) is 27.9 Å². The van der Waals surface area contributed by atoms with Gasteiger partial charge in [-0.1, -0.05) is 24.3 Å². The zero-order valence-electron chi connectivity index (χ0n) is 17.9. The lowest BCUT2D eigenvalue weighted by Gasteiger charge is -2.12. The zero-order valence-corrected chi connectivity index (χ0v) is 17.9. The van der Waals surface area contributed by atoms with E-state index in [9.17, 15) is 9.59 Å². The standard InChI is InChI=1S/C24H20N4O5/c1-14-17(11-12-20-27(2)18-5-3-4-6-19(18)33-20)23(29)25-22-21(14)24(30)28(26-22)16-9-7-15(8-10-16)13-32-31/h3-12,31H,13H2,1-2H3,(H,25,26,29)/b17-11-,20-12?. The van der Waals surface area contributed by atoms with Crippen molar-refractivity contribution in [2.24, 2.45) is 5.10 Å². The van der Waals surface area contributed by atoms with E-state index in [1.165, 1.54) is 5.01 Å². The third-order valence-electron chi connectivity index (χ3n) is 5.68. The normalized spacial score (nSPS) is 16.2. The van der Waals surface area contributed by atoms with Crippen LogP contribution in [0.15, 0.2) is 70.4 Å². The quantitative estimate of drug-likeness (QED) is 0.471. The molecular formula is C24H20N4O5. The van der Waals surface area contributed by atoms with E-state index in [-0.39, 0.29) is 23.6 Å². The number of benzene rings is 2. The van der Waals surface area contributed by atoms with Gasteiger partial charge in [0, 0.05) is 12.3 Å². The highest BCUT2D eigenvalue weighted by Gasteiger charge is 2.28. The monoisotopic (exact) mass is 444 g/mol. The molecule has 0 saturated heterocycles. The van der Waals surface area contributed by atoms with Crippen LogP contribution in [0.1, 0.15) is 21.5 Å². The molecule has 0 spiro atoms. The van der Waals surface area contributed by atoms with Gasteiger partial charge in [-0.25, -0.2) is 4.89 Å². The van der Waals surface area contributed by atoms with Crippen LogP contribution in [0.5, 0.6) is 5.75 Å². The number of nitrogens with one attached hydrogen (secondary N) is 1. The number of aromatic amines is 1. The molecule has 2 aliphatic rings. The van der Waals surface area contributed by atoms with E-state index in [4.69, 9.17) is 9.99 Å². The second kappa shape index (κ2) is 8.05. The first-order valence-corrected chi connectivity index (χ1v) is 10.2. The number of hydrogen-bond donors (Lipinski definition) is 2. The van der Waals surface area contributed by atoms with Gasteiger partial charge in [-0.05, 0) is 54.5 Å². The number of aromatic nitrogens is 1. The molecule has 1 amide bonds. The van der Waals surface area contributed by atoms with E-state index in [2.05, 4.69) is 15.0 Å². The van der Waals surface area contributed by atoms with Gasteiger partial charge in [-0.2, -0.15) is 5.01 Å². The minimum Gasteiger partial charge on any atom is -0.439 e. The van der Waals surface area contributed by atoms with Crippen LogP contribution < -0.4 is 30.9 Å². The van der Waals surface area contributed by atoms with Crippen molar-refractivity contribution in [1.29, 1.82) is 0 Å². The van der Waals surface area contributed by atoms with Gasteiger partial charge in [0.15, 0.2) is 17.1 Å². The zero-order chi connectivity index (χ0) is 23.1. The highest BCUT2D eigenvalue weighted by atomic mass is 17.1. The SMILES string of the molecule is Cc1c2c([nH]c(=O)/c1=C\C=C1Oc3ccccc3N1C)=NN(c1ccc(COO)cc1)C2=O. The van der Waals surface area contributed by atoms with Crippen molar-refractivity contribution in [3.05, 3.63) is 98.2 Å². The molecular weight excluding hydrogens is 424 g/mol. The second-order valence-electron chi connectivity index (χ2n) is 7.67. The van der Waals surface area contributed by atoms with Gasteiger partial charge in [0.1, 0.15) is 6.61 Å². The van der Waals surface area contributed by atoms with Crippen molar-refractivity contribution < 1.29 is 19.7 Å². The van der Waals surface area contributed by atoms with Gasteiger partial charge in [0.25, 0.3) is 11.5 Å². The minimum atomic E-state index is -0.352. The molecule has 3 aromatic rings. The highest BCUT2D eigenvalue weighted by Crippen LogP contribution is 2.37. The van der Waals surface area contributed by atoms with Crippen LogP contribution in [-0.4, -0.2) is 23.2 Å². The minimum absolute atomic E-state index is 0.0384. The summed E-state index contributed by atoms with van der Waals surface area (Å²) in [6, 6.07) is 14.5. The Kier molecular flexibility index (Phi) is 5.04. The molecule has 1 aromatic heterocycles. The van der Waals surface area contributed by atoms with Gasteiger partial charge in [0.05, 0.1) is 16.9 Å². The Morgan fingerprint density at radius 3 is 2.61 bits per heavy atom. The first-order chi connectivity index (χ1) is 16.0.